The number of thiocarbonyl (C=S) groups is 1. The summed E-state index contributed by atoms with van der Waals surface area (Å²) in [6.07, 6.45) is 0.907. The molecule has 0 aromatic heterocycles. The van der Waals surface area contributed by atoms with E-state index >= 15 is 0 Å². The highest BCUT2D eigenvalue weighted by Crippen LogP contribution is 2.22. The molecule has 0 saturated carbocycles. The summed E-state index contributed by atoms with van der Waals surface area (Å²) < 4.78 is 1.04. The lowest BCUT2D eigenvalue weighted by Gasteiger charge is -2.14. The Kier molecular flexibility index (Phi) is 5.69. The molecule has 0 aliphatic carbocycles. The maximum atomic E-state index is 11.4. The summed E-state index contributed by atoms with van der Waals surface area (Å²) in [5, 5.41) is 6.81. The number of aryl methyl sites for hydroxylation is 1. The van der Waals surface area contributed by atoms with Crippen LogP contribution in [0.3, 0.4) is 0 Å². The summed E-state index contributed by atoms with van der Waals surface area (Å²) in [6, 6.07) is 13.3. The second-order valence-corrected chi connectivity index (χ2v) is 6.20. The predicted octanol–water partition coefficient (Wildman–Crippen LogP) is 5.02. The average molecular weight is 377 g/mol. The van der Waals surface area contributed by atoms with Crippen LogP contribution in [0.4, 0.5) is 11.4 Å². The van der Waals surface area contributed by atoms with Crippen molar-refractivity contribution >= 4 is 50.4 Å². The quantitative estimate of drug-likeness (QED) is 0.580. The van der Waals surface area contributed by atoms with Crippen LogP contribution in [0.2, 0.25) is 0 Å². The molecule has 0 fully saturated rings. The molecule has 0 amide bonds. The third kappa shape index (κ3) is 4.39. The topological polar surface area (TPSA) is 41.1 Å². The van der Waals surface area contributed by atoms with E-state index in [-0.39, 0.29) is 5.78 Å². The van der Waals surface area contributed by atoms with E-state index in [1.165, 1.54) is 5.56 Å². The lowest BCUT2D eigenvalue weighted by molar-refractivity contribution is 0.101. The largest absolute Gasteiger partial charge is 0.332 e. The van der Waals surface area contributed by atoms with Crippen LogP contribution in [0.1, 0.15) is 29.8 Å². The molecule has 0 aliphatic heterocycles. The van der Waals surface area contributed by atoms with Gasteiger partial charge in [0.25, 0.3) is 0 Å². The fourth-order valence-electron chi connectivity index (χ4n) is 2.08. The fourth-order valence-corrected chi connectivity index (χ4v) is 2.71. The van der Waals surface area contributed by atoms with Crippen molar-refractivity contribution in [3.05, 3.63) is 58.1 Å². The zero-order valence-electron chi connectivity index (χ0n) is 12.4. The van der Waals surface area contributed by atoms with E-state index in [1.807, 2.05) is 24.3 Å². The second-order valence-electron chi connectivity index (χ2n) is 4.87. The van der Waals surface area contributed by atoms with Gasteiger partial charge < -0.3 is 10.6 Å². The molecule has 2 N–H and O–H groups in total. The number of hydrogen-bond donors (Lipinski definition) is 2. The van der Waals surface area contributed by atoms with Crippen LogP contribution in [0.25, 0.3) is 0 Å². The molecule has 3 nitrogen and oxygen atoms in total. The Morgan fingerprint density at radius 3 is 2.64 bits per heavy atom. The molecule has 0 heterocycles. The van der Waals surface area contributed by atoms with Crippen molar-refractivity contribution in [3.63, 3.8) is 0 Å². The number of Topliss-reactive ketones (excluding diaryl/α,β-unsaturated/α-hetero) is 1. The summed E-state index contributed by atoms with van der Waals surface area (Å²) in [5.74, 6) is 0.0312. The van der Waals surface area contributed by atoms with Gasteiger partial charge in [-0.05, 0) is 61.5 Å². The van der Waals surface area contributed by atoms with Gasteiger partial charge in [0, 0.05) is 21.4 Å². The van der Waals surface area contributed by atoms with E-state index < -0.39 is 0 Å². The number of hydrogen-bond acceptors (Lipinski definition) is 2. The number of anilines is 2. The van der Waals surface area contributed by atoms with E-state index in [4.69, 9.17) is 12.2 Å². The first-order valence-corrected chi connectivity index (χ1v) is 8.17. The van der Waals surface area contributed by atoms with Gasteiger partial charge in [0.1, 0.15) is 0 Å². The molecule has 0 spiro atoms. The molecule has 0 bridgehead atoms. The van der Waals surface area contributed by atoms with Gasteiger partial charge in [-0.25, -0.2) is 0 Å². The number of ketones is 1. The zero-order chi connectivity index (χ0) is 16.1. The Balaban J connectivity index is 2.10. The van der Waals surface area contributed by atoms with Crippen LogP contribution in [0.5, 0.6) is 0 Å². The van der Waals surface area contributed by atoms with Gasteiger partial charge >= 0.3 is 0 Å². The van der Waals surface area contributed by atoms with E-state index in [0.717, 1.165) is 22.3 Å². The molecule has 0 aliphatic rings. The van der Waals surface area contributed by atoms with Crippen LogP contribution in [-0.4, -0.2) is 10.9 Å². The van der Waals surface area contributed by atoms with E-state index in [0.29, 0.717) is 10.7 Å². The Morgan fingerprint density at radius 2 is 1.95 bits per heavy atom. The van der Waals surface area contributed by atoms with E-state index in [2.05, 4.69) is 39.6 Å². The smallest absolute Gasteiger partial charge is 0.175 e. The van der Waals surface area contributed by atoms with Crippen LogP contribution < -0.4 is 10.6 Å². The molecular formula is C17H17BrN2OS. The molecule has 0 unspecified atom stereocenters. The molecule has 0 saturated heterocycles. The lowest BCUT2D eigenvalue weighted by Crippen LogP contribution is -2.20. The molecule has 0 atom stereocenters. The minimum atomic E-state index is 0.0312. The normalized spacial score (nSPS) is 10.1. The minimum absolute atomic E-state index is 0.0312. The van der Waals surface area contributed by atoms with Crippen molar-refractivity contribution in [2.45, 2.75) is 20.3 Å². The zero-order valence-corrected chi connectivity index (χ0v) is 14.8. The molecule has 0 radical (unpaired) electrons. The van der Waals surface area contributed by atoms with Crippen molar-refractivity contribution in [1.29, 1.82) is 0 Å². The average Bonchev–Trinajstić information content (AvgIpc) is 2.49. The number of benzene rings is 2. The highest BCUT2D eigenvalue weighted by molar-refractivity contribution is 9.10. The second kappa shape index (κ2) is 7.51. The molecular weight excluding hydrogens is 360 g/mol. The molecule has 2 rings (SSSR count). The Bertz CT molecular complexity index is 716. The van der Waals surface area contributed by atoms with Crippen molar-refractivity contribution in [1.82, 2.24) is 0 Å². The van der Waals surface area contributed by atoms with Crippen molar-refractivity contribution in [2.24, 2.45) is 0 Å². The van der Waals surface area contributed by atoms with Gasteiger partial charge in [0.05, 0.1) is 0 Å². The molecule has 22 heavy (non-hydrogen) atoms. The van der Waals surface area contributed by atoms with Crippen molar-refractivity contribution < 1.29 is 4.79 Å². The van der Waals surface area contributed by atoms with Gasteiger partial charge in [-0.3, -0.25) is 4.79 Å². The first-order valence-electron chi connectivity index (χ1n) is 6.97. The lowest BCUT2D eigenvalue weighted by atomic mass is 10.1. The number of carbonyl (C=O) groups is 1. The maximum absolute atomic E-state index is 11.4. The third-order valence-electron chi connectivity index (χ3n) is 3.22. The Labute approximate surface area is 144 Å². The predicted molar refractivity (Wildman–Crippen MR) is 99.8 cm³/mol. The van der Waals surface area contributed by atoms with Crippen LogP contribution in [0.15, 0.2) is 46.9 Å². The third-order valence-corrected chi connectivity index (χ3v) is 3.92. The molecule has 114 valence electrons. The van der Waals surface area contributed by atoms with Gasteiger partial charge in [0.15, 0.2) is 10.9 Å². The van der Waals surface area contributed by atoms with Crippen molar-refractivity contribution in [2.75, 3.05) is 10.6 Å². The Hall–Kier alpha value is -1.72. The van der Waals surface area contributed by atoms with Crippen LogP contribution in [-0.2, 0) is 6.42 Å². The van der Waals surface area contributed by atoms with Crippen molar-refractivity contribution in [3.8, 4) is 0 Å². The number of halogens is 1. The summed E-state index contributed by atoms with van der Waals surface area (Å²) >= 11 is 8.82. The highest BCUT2D eigenvalue weighted by Gasteiger charge is 2.05. The first kappa shape index (κ1) is 16.6. The van der Waals surface area contributed by atoms with Gasteiger partial charge in [-0.2, -0.15) is 0 Å². The summed E-state index contributed by atoms with van der Waals surface area (Å²) in [7, 11) is 0. The molecule has 5 heteroatoms. The van der Waals surface area contributed by atoms with Gasteiger partial charge in [-0.15, -0.1) is 0 Å². The first-order chi connectivity index (χ1) is 10.5. The SMILES string of the molecule is CCc1cc(Br)ccc1NC(=S)Nc1cccc(C(C)=O)c1. The number of nitrogens with one attached hydrogen (secondary N) is 2. The Morgan fingerprint density at radius 1 is 1.18 bits per heavy atom. The number of rotatable bonds is 4. The molecule has 2 aromatic carbocycles. The summed E-state index contributed by atoms with van der Waals surface area (Å²) in [6.45, 7) is 3.64. The number of carbonyl (C=O) groups excluding carboxylic acids is 1. The van der Waals surface area contributed by atoms with E-state index in [9.17, 15) is 4.79 Å². The van der Waals surface area contributed by atoms with Gasteiger partial charge in [-0.1, -0.05) is 35.0 Å². The minimum Gasteiger partial charge on any atom is -0.332 e. The summed E-state index contributed by atoms with van der Waals surface area (Å²) in [4.78, 5) is 11.4. The van der Waals surface area contributed by atoms with E-state index in [1.54, 1.807) is 19.1 Å². The van der Waals surface area contributed by atoms with Gasteiger partial charge in [0.2, 0.25) is 0 Å². The maximum Gasteiger partial charge on any atom is 0.175 e. The van der Waals surface area contributed by atoms with Crippen LogP contribution >= 0.6 is 28.1 Å². The summed E-state index contributed by atoms with van der Waals surface area (Å²) in [5.41, 5.74) is 3.60. The monoisotopic (exact) mass is 376 g/mol. The highest BCUT2D eigenvalue weighted by atomic mass is 79.9. The fraction of sp³-hybridized carbons (Fsp3) is 0.176. The standard InChI is InChI=1S/C17H17BrN2OS/c1-3-12-9-14(18)7-8-16(12)20-17(22)19-15-6-4-5-13(10-15)11(2)21/h4-10H,3H2,1-2H3,(H2,19,20,22). The molecule has 2 aromatic rings. The van der Waals surface area contributed by atoms with Crippen LogP contribution in [0, 0.1) is 0 Å².